The van der Waals surface area contributed by atoms with Crippen molar-refractivity contribution >= 4 is 39.0 Å². The van der Waals surface area contributed by atoms with Gasteiger partial charge in [-0.1, -0.05) is 24.3 Å². The van der Waals surface area contributed by atoms with Crippen molar-refractivity contribution < 1.29 is 14.6 Å². The molecule has 0 saturated carbocycles. The lowest BCUT2D eigenvalue weighted by Gasteiger charge is -2.16. The number of carboxylic acid groups (broad SMARTS) is 1. The van der Waals surface area contributed by atoms with Crippen molar-refractivity contribution in [1.82, 2.24) is 4.98 Å². The number of aryl methyl sites for hydroxylation is 1. The van der Waals surface area contributed by atoms with Crippen LogP contribution in [0.5, 0.6) is 5.75 Å². The Morgan fingerprint density at radius 3 is 2.44 bits per heavy atom. The van der Waals surface area contributed by atoms with Crippen molar-refractivity contribution in [2.45, 2.75) is 6.92 Å². The van der Waals surface area contributed by atoms with Crippen LogP contribution in [0.1, 0.15) is 16.1 Å². The molecule has 0 saturated heterocycles. The van der Waals surface area contributed by atoms with Crippen molar-refractivity contribution in [1.29, 1.82) is 0 Å². The number of methoxy groups -OCH3 is 1. The van der Waals surface area contributed by atoms with Crippen LogP contribution in [0.2, 0.25) is 0 Å². The first-order valence-electron chi connectivity index (χ1n) is 8.52. The van der Waals surface area contributed by atoms with Crippen LogP contribution in [-0.2, 0) is 0 Å². The van der Waals surface area contributed by atoms with Gasteiger partial charge in [-0.25, -0.2) is 0 Å². The van der Waals surface area contributed by atoms with Gasteiger partial charge < -0.3 is 20.0 Å². The van der Waals surface area contributed by atoms with E-state index in [1.54, 1.807) is 13.2 Å². The number of aromatic nitrogens is 1. The lowest BCUT2D eigenvalue weighted by Crippen LogP contribution is -2.23. The van der Waals surface area contributed by atoms with E-state index in [0.29, 0.717) is 11.4 Å². The van der Waals surface area contributed by atoms with Crippen LogP contribution in [-0.4, -0.2) is 18.1 Å². The molecule has 27 heavy (non-hydrogen) atoms. The molecule has 3 aromatic carbocycles. The van der Waals surface area contributed by atoms with Crippen LogP contribution in [0.4, 0.5) is 11.4 Å². The Morgan fingerprint density at radius 2 is 1.74 bits per heavy atom. The Kier molecular flexibility index (Phi) is 4.12. The first-order valence-corrected chi connectivity index (χ1v) is 8.52. The summed E-state index contributed by atoms with van der Waals surface area (Å²) in [5, 5.41) is 17.6. The van der Waals surface area contributed by atoms with Crippen molar-refractivity contribution in [3.63, 3.8) is 0 Å². The molecule has 1 N–H and O–H groups in total. The zero-order valence-corrected chi connectivity index (χ0v) is 14.9. The zero-order chi connectivity index (χ0) is 19.0. The van der Waals surface area contributed by atoms with Gasteiger partial charge in [0.2, 0.25) is 0 Å². The highest BCUT2D eigenvalue weighted by Crippen LogP contribution is 2.32. The molecule has 4 rings (SSSR count). The molecule has 1 aromatic heterocycles. The topological polar surface area (TPSA) is 74.3 Å². The molecule has 0 fully saturated rings. The summed E-state index contributed by atoms with van der Waals surface area (Å²) in [7, 11) is 1.60. The monoisotopic (exact) mass is 357 g/mol. The second-order valence-corrected chi connectivity index (χ2v) is 6.35. The normalized spacial score (nSPS) is 10.9. The first kappa shape index (κ1) is 16.8. The second kappa shape index (κ2) is 6.61. The average molecular weight is 357 g/mol. The summed E-state index contributed by atoms with van der Waals surface area (Å²) in [6, 6.07) is 18.6. The number of pyridine rings is 1. The number of carbonyl (C=O) groups excluding carboxylic acids is 1. The second-order valence-electron chi connectivity index (χ2n) is 6.35. The number of rotatable bonds is 4. The number of benzene rings is 3. The zero-order valence-electron chi connectivity index (χ0n) is 14.9. The van der Waals surface area contributed by atoms with Crippen LogP contribution in [0, 0.1) is 6.92 Å². The van der Waals surface area contributed by atoms with Crippen molar-refractivity contribution in [2.24, 2.45) is 0 Å². The van der Waals surface area contributed by atoms with Gasteiger partial charge in [0.1, 0.15) is 5.75 Å². The number of ether oxygens (including phenoxy) is 1. The van der Waals surface area contributed by atoms with Crippen molar-refractivity contribution in [3.05, 3.63) is 71.9 Å². The number of fused-ring (bicyclic) bond motifs is 2. The molecule has 5 nitrogen and oxygen atoms in total. The van der Waals surface area contributed by atoms with Crippen molar-refractivity contribution in [2.75, 3.05) is 12.4 Å². The largest absolute Gasteiger partial charge is 0.545 e. The summed E-state index contributed by atoms with van der Waals surface area (Å²) in [5.74, 6) is -0.522. The van der Waals surface area contributed by atoms with Crippen LogP contribution in [0.15, 0.2) is 60.7 Å². The van der Waals surface area contributed by atoms with Gasteiger partial charge in [0.25, 0.3) is 0 Å². The number of nitrogens with zero attached hydrogens (tertiary/aromatic N) is 1. The molecule has 0 amide bonds. The predicted octanol–water partition coefficient (Wildman–Crippen LogP) is 3.81. The van der Waals surface area contributed by atoms with Gasteiger partial charge in [0.15, 0.2) is 0 Å². The van der Waals surface area contributed by atoms with Crippen LogP contribution in [0.3, 0.4) is 0 Å². The Hall–Kier alpha value is -3.60. The third-order valence-corrected chi connectivity index (χ3v) is 4.52. The molecule has 0 aliphatic carbocycles. The highest BCUT2D eigenvalue weighted by atomic mass is 16.5. The molecule has 0 atom stereocenters. The van der Waals surface area contributed by atoms with E-state index in [9.17, 15) is 9.90 Å². The van der Waals surface area contributed by atoms with Crippen LogP contribution in [0.25, 0.3) is 21.7 Å². The summed E-state index contributed by atoms with van der Waals surface area (Å²) in [5.41, 5.74) is 2.97. The SMILES string of the molecule is COc1ccc2nc(C)cc(Nc3cc4ccccc4cc3C(=O)[O-])c2c1. The maximum Gasteiger partial charge on any atom is 0.119 e. The van der Waals surface area contributed by atoms with E-state index < -0.39 is 5.97 Å². The van der Waals surface area contributed by atoms with E-state index >= 15 is 0 Å². The molecule has 0 radical (unpaired) electrons. The Morgan fingerprint density at radius 1 is 1.00 bits per heavy atom. The quantitative estimate of drug-likeness (QED) is 0.601. The van der Waals surface area contributed by atoms with E-state index in [-0.39, 0.29) is 5.56 Å². The van der Waals surface area contributed by atoms with Gasteiger partial charge in [-0.05, 0) is 54.1 Å². The van der Waals surface area contributed by atoms with Crippen LogP contribution < -0.4 is 15.2 Å². The first-order chi connectivity index (χ1) is 13.0. The third-order valence-electron chi connectivity index (χ3n) is 4.52. The van der Waals surface area contributed by atoms with E-state index in [0.717, 1.165) is 33.1 Å². The van der Waals surface area contributed by atoms with Gasteiger partial charge in [-0.15, -0.1) is 0 Å². The number of anilines is 2. The molecule has 1 heterocycles. The Bertz CT molecular complexity index is 1180. The number of hydrogen-bond donors (Lipinski definition) is 1. The molecule has 0 aliphatic heterocycles. The third kappa shape index (κ3) is 3.15. The van der Waals surface area contributed by atoms with E-state index in [2.05, 4.69) is 10.3 Å². The number of carboxylic acids is 1. The molecule has 0 unspecified atom stereocenters. The molecule has 134 valence electrons. The standard InChI is InChI=1S/C22H18N2O3/c1-13-9-20(17-12-16(27-2)7-8-19(17)23-13)24-21-11-15-6-4-3-5-14(15)10-18(21)22(25)26/h3-12H,1-2H3,(H,23,24)(H,25,26)/p-1. The fraction of sp³-hybridized carbons (Fsp3) is 0.0909. The summed E-state index contributed by atoms with van der Waals surface area (Å²) < 4.78 is 5.32. The van der Waals surface area contributed by atoms with Crippen molar-refractivity contribution in [3.8, 4) is 5.75 Å². The lowest BCUT2D eigenvalue weighted by molar-refractivity contribution is -0.254. The summed E-state index contributed by atoms with van der Waals surface area (Å²) in [6.45, 7) is 1.90. The van der Waals surface area contributed by atoms with E-state index in [1.165, 1.54) is 0 Å². The van der Waals surface area contributed by atoms with Gasteiger partial charge in [-0.3, -0.25) is 4.98 Å². The van der Waals surface area contributed by atoms with Crippen LogP contribution >= 0.6 is 0 Å². The highest BCUT2D eigenvalue weighted by Gasteiger charge is 2.11. The lowest BCUT2D eigenvalue weighted by atomic mass is 10.0. The van der Waals surface area contributed by atoms with Gasteiger partial charge in [0, 0.05) is 28.0 Å². The van der Waals surface area contributed by atoms with Gasteiger partial charge in [0.05, 0.1) is 18.6 Å². The fourth-order valence-corrected chi connectivity index (χ4v) is 3.23. The molecule has 4 aromatic rings. The van der Waals surface area contributed by atoms with E-state index in [1.807, 2.05) is 61.5 Å². The molecule has 0 aliphatic rings. The minimum Gasteiger partial charge on any atom is -0.545 e. The average Bonchev–Trinajstić information content (AvgIpc) is 2.67. The molecule has 5 heteroatoms. The Balaban J connectivity index is 1.91. The maximum absolute atomic E-state index is 11.7. The predicted molar refractivity (Wildman–Crippen MR) is 105 cm³/mol. The minimum atomic E-state index is -1.23. The van der Waals surface area contributed by atoms with Gasteiger partial charge in [-0.2, -0.15) is 0 Å². The van der Waals surface area contributed by atoms with Gasteiger partial charge >= 0.3 is 0 Å². The number of nitrogens with one attached hydrogen (secondary N) is 1. The highest BCUT2D eigenvalue weighted by molar-refractivity contribution is 6.03. The number of hydrogen-bond acceptors (Lipinski definition) is 5. The number of aromatic carboxylic acids is 1. The maximum atomic E-state index is 11.7. The minimum absolute atomic E-state index is 0.110. The summed E-state index contributed by atoms with van der Waals surface area (Å²) in [4.78, 5) is 16.2. The molecule has 0 bridgehead atoms. The molecular formula is C22H17N2O3-. The fourth-order valence-electron chi connectivity index (χ4n) is 3.23. The molecule has 0 spiro atoms. The Labute approximate surface area is 156 Å². The number of carbonyl (C=O) groups is 1. The smallest absolute Gasteiger partial charge is 0.119 e. The summed E-state index contributed by atoms with van der Waals surface area (Å²) >= 11 is 0. The molecular weight excluding hydrogens is 340 g/mol. The summed E-state index contributed by atoms with van der Waals surface area (Å²) in [6.07, 6.45) is 0. The van der Waals surface area contributed by atoms with E-state index in [4.69, 9.17) is 4.74 Å².